The van der Waals surface area contributed by atoms with E-state index in [0.29, 0.717) is 16.0 Å². The third kappa shape index (κ3) is 2.88. The van der Waals surface area contributed by atoms with Gasteiger partial charge in [0.05, 0.1) is 17.4 Å². The van der Waals surface area contributed by atoms with Crippen molar-refractivity contribution in [1.29, 1.82) is 5.26 Å². The molecule has 1 aromatic rings. The van der Waals surface area contributed by atoms with Crippen LogP contribution in [0, 0.1) is 11.3 Å². The summed E-state index contributed by atoms with van der Waals surface area (Å²) in [5.41, 5.74) is 6.78. The van der Waals surface area contributed by atoms with Crippen molar-refractivity contribution in [1.82, 2.24) is 4.98 Å². The van der Waals surface area contributed by atoms with E-state index in [1.54, 1.807) is 12.3 Å². The van der Waals surface area contributed by atoms with E-state index in [1.807, 2.05) is 11.8 Å². The largest absolute Gasteiger partial charge is 0.397 e. The normalized spacial score (nSPS) is 19.1. The topological polar surface area (TPSA) is 65.9 Å². The first-order valence-electron chi connectivity index (χ1n) is 6.06. The van der Waals surface area contributed by atoms with Crippen molar-refractivity contribution in [2.45, 2.75) is 25.0 Å². The van der Waals surface area contributed by atoms with Gasteiger partial charge >= 0.3 is 0 Å². The molecule has 1 aromatic heterocycles. The first-order chi connectivity index (χ1) is 8.52. The molecule has 0 spiro atoms. The number of aromatic nitrogens is 1. The van der Waals surface area contributed by atoms with Gasteiger partial charge in [-0.05, 0) is 12.5 Å². The summed E-state index contributed by atoms with van der Waals surface area (Å²) in [5.74, 6) is 1.83. The third-order valence-corrected chi connectivity index (χ3v) is 4.52. The van der Waals surface area contributed by atoms with E-state index in [4.69, 9.17) is 11.0 Å². The van der Waals surface area contributed by atoms with Crippen LogP contribution in [-0.2, 0) is 0 Å². The van der Waals surface area contributed by atoms with E-state index >= 15 is 0 Å². The maximum Gasteiger partial charge on any atom is 0.146 e. The van der Waals surface area contributed by atoms with E-state index in [-0.39, 0.29) is 0 Å². The summed E-state index contributed by atoms with van der Waals surface area (Å²) >= 11 is 1.98. The molecule has 2 heterocycles. The molecule has 2 N–H and O–H groups in total. The Bertz CT molecular complexity index is 478. The standard InChI is InChI=1S/C13H18N4S/c1-13(2)3-4-17(5-6-18-13)12-10(8-14)7-11(15)9-16-12/h7,9H,3-6,15H2,1-2H3. The molecular formula is C13H18N4S. The molecule has 1 aliphatic heterocycles. The van der Waals surface area contributed by atoms with E-state index in [0.717, 1.165) is 31.1 Å². The number of nitrogens with two attached hydrogens (primary N) is 1. The lowest BCUT2D eigenvalue weighted by Gasteiger charge is -2.24. The van der Waals surface area contributed by atoms with E-state index in [2.05, 4.69) is 29.8 Å². The molecular weight excluding hydrogens is 244 g/mol. The number of nitrogen functional groups attached to an aromatic ring is 1. The van der Waals surface area contributed by atoms with Crippen molar-refractivity contribution in [2.24, 2.45) is 0 Å². The predicted octanol–water partition coefficient (Wildman–Crippen LogP) is 2.26. The molecule has 96 valence electrons. The Balaban J connectivity index is 2.24. The highest BCUT2D eigenvalue weighted by molar-refractivity contribution is 8.00. The summed E-state index contributed by atoms with van der Waals surface area (Å²) in [6.45, 7) is 6.40. The number of hydrogen-bond donors (Lipinski definition) is 1. The Hall–Kier alpha value is -1.41. The van der Waals surface area contributed by atoms with Gasteiger partial charge in [-0.15, -0.1) is 0 Å². The van der Waals surface area contributed by atoms with Crippen LogP contribution >= 0.6 is 11.8 Å². The lowest BCUT2D eigenvalue weighted by Crippen LogP contribution is -2.28. The van der Waals surface area contributed by atoms with Gasteiger partial charge in [-0.2, -0.15) is 17.0 Å². The highest BCUT2D eigenvalue weighted by atomic mass is 32.2. The molecule has 0 radical (unpaired) electrons. The molecule has 0 unspecified atom stereocenters. The fourth-order valence-corrected chi connectivity index (χ4v) is 3.14. The first-order valence-corrected chi connectivity index (χ1v) is 7.05. The van der Waals surface area contributed by atoms with Crippen LogP contribution in [0.3, 0.4) is 0 Å². The summed E-state index contributed by atoms with van der Waals surface area (Å²) < 4.78 is 0.301. The third-order valence-electron chi connectivity index (χ3n) is 3.15. The van der Waals surface area contributed by atoms with Crippen molar-refractivity contribution < 1.29 is 0 Å². The highest BCUT2D eigenvalue weighted by Crippen LogP contribution is 2.32. The second kappa shape index (κ2) is 5.07. The van der Waals surface area contributed by atoms with Gasteiger partial charge in [-0.3, -0.25) is 0 Å². The van der Waals surface area contributed by atoms with Gasteiger partial charge < -0.3 is 10.6 Å². The Morgan fingerprint density at radius 1 is 1.50 bits per heavy atom. The Morgan fingerprint density at radius 3 is 3.00 bits per heavy atom. The highest BCUT2D eigenvalue weighted by Gasteiger charge is 2.25. The maximum absolute atomic E-state index is 9.17. The van der Waals surface area contributed by atoms with Crippen LogP contribution in [-0.4, -0.2) is 28.6 Å². The molecule has 18 heavy (non-hydrogen) atoms. The van der Waals surface area contributed by atoms with Crippen molar-refractivity contribution >= 4 is 23.3 Å². The van der Waals surface area contributed by atoms with Crippen molar-refractivity contribution in [3.8, 4) is 6.07 Å². The molecule has 0 bridgehead atoms. The SMILES string of the molecule is CC1(C)CCN(c2ncc(N)cc2C#N)CCS1. The molecule has 4 nitrogen and oxygen atoms in total. The zero-order valence-electron chi connectivity index (χ0n) is 10.8. The van der Waals surface area contributed by atoms with Crippen LogP contribution in [0.25, 0.3) is 0 Å². The van der Waals surface area contributed by atoms with E-state index in [1.165, 1.54) is 0 Å². The van der Waals surface area contributed by atoms with Crippen LogP contribution in [0.1, 0.15) is 25.8 Å². The van der Waals surface area contributed by atoms with Gasteiger partial charge in [0, 0.05) is 23.6 Å². The van der Waals surface area contributed by atoms with Gasteiger partial charge in [-0.25, -0.2) is 4.98 Å². The number of nitrogens with zero attached hydrogens (tertiary/aromatic N) is 3. The van der Waals surface area contributed by atoms with Crippen molar-refractivity contribution in [2.75, 3.05) is 29.5 Å². The molecule has 1 saturated heterocycles. The molecule has 0 aromatic carbocycles. The minimum Gasteiger partial charge on any atom is -0.397 e. The smallest absolute Gasteiger partial charge is 0.146 e. The lowest BCUT2D eigenvalue weighted by atomic mass is 10.1. The minimum absolute atomic E-state index is 0.301. The monoisotopic (exact) mass is 262 g/mol. The minimum atomic E-state index is 0.301. The maximum atomic E-state index is 9.17. The molecule has 0 amide bonds. The van der Waals surface area contributed by atoms with Gasteiger partial charge in [0.15, 0.2) is 0 Å². The number of pyridine rings is 1. The summed E-state index contributed by atoms with van der Waals surface area (Å²) in [5, 5.41) is 9.17. The summed E-state index contributed by atoms with van der Waals surface area (Å²) in [6, 6.07) is 3.88. The first kappa shape index (κ1) is 13.0. The van der Waals surface area contributed by atoms with Crippen LogP contribution in [0.4, 0.5) is 11.5 Å². The molecule has 1 aliphatic rings. The van der Waals surface area contributed by atoms with Gasteiger partial charge in [0.25, 0.3) is 0 Å². The van der Waals surface area contributed by atoms with Crippen molar-refractivity contribution in [3.05, 3.63) is 17.8 Å². The van der Waals surface area contributed by atoms with Crippen LogP contribution in [0.5, 0.6) is 0 Å². The lowest BCUT2D eigenvalue weighted by molar-refractivity contribution is 0.635. The molecule has 0 saturated carbocycles. The average molecular weight is 262 g/mol. The van der Waals surface area contributed by atoms with E-state index < -0.39 is 0 Å². The van der Waals surface area contributed by atoms with Crippen LogP contribution < -0.4 is 10.6 Å². The Morgan fingerprint density at radius 2 is 2.28 bits per heavy atom. The summed E-state index contributed by atoms with van der Waals surface area (Å²) in [7, 11) is 0. The fourth-order valence-electron chi connectivity index (χ4n) is 2.04. The second-order valence-electron chi connectivity index (χ2n) is 5.10. The summed E-state index contributed by atoms with van der Waals surface area (Å²) in [6.07, 6.45) is 2.72. The number of nitriles is 1. The molecule has 2 rings (SSSR count). The molecule has 0 atom stereocenters. The fraction of sp³-hybridized carbons (Fsp3) is 0.538. The number of anilines is 2. The second-order valence-corrected chi connectivity index (χ2v) is 6.90. The van der Waals surface area contributed by atoms with E-state index in [9.17, 15) is 0 Å². The Kier molecular flexibility index (Phi) is 3.67. The molecule has 5 heteroatoms. The van der Waals surface area contributed by atoms with Gasteiger partial charge in [0.2, 0.25) is 0 Å². The number of hydrogen-bond acceptors (Lipinski definition) is 5. The van der Waals surface area contributed by atoms with Gasteiger partial charge in [0.1, 0.15) is 11.9 Å². The van der Waals surface area contributed by atoms with Crippen molar-refractivity contribution in [3.63, 3.8) is 0 Å². The summed E-state index contributed by atoms with van der Waals surface area (Å²) in [4.78, 5) is 6.53. The Labute approximate surface area is 112 Å². The zero-order valence-corrected chi connectivity index (χ0v) is 11.6. The quantitative estimate of drug-likeness (QED) is 0.841. The number of thioether (sulfide) groups is 1. The average Bonchev–Trinajstić information content (AvgIpc) is 2.50. The molecule has 0 aliphatic carbocycles. The van der Waals surface area contributed by atoms with Crippen LogP contribution in [0.2, 0.25) is 0 Å². The van der Waals surface area contributed by atoms with Crippen LogP contribution in [0.15, 0.2) is 12.3 Å². The number of rotatable bonds is 1. The zero-order chi connectivity index (χ0) is 13.2. The molecule has 1 fully saturated rings. The van der Waals surface area contributed by atoms with Gasteiger partial charge in [-0.1, -0.05) is 13.8 Å². The predicted molar refractivity (Wildman–Crippen MR) is 76.7 cm³/mol.